The van der Waals surface area contributed by atoms with Crippen LogP contribution in [0.3, 0.4) is 0 Å². The Bertz CT molecular complexity index is 1790. The van der Waals surface area contributed by atoms with Crippen LogP contribution in [0.4, 0.5) is 11.4 Å². The highest BCUT2D eigenvalue weighted by Crippen LogP contribution is 2.37. The van der Waals surface area contributed by atoms with Crippen molar-refractivity contribution in [1.82, 2.24) is 5.32 Å². The van der Waals surface area contributed by atoms with Crippen molar-refractivity contribution in [2.45, 2.75) is 24.0 Å². The molecule has 1 heterocycles. The number of nitrogens with one attached hydrogen (secondary N) is 3. The smallest absolute Gasteiger partial charge is 0.272 e. The minimum Gasteiger partial charge on any atom is -0.325 e. The average molecular weight is 618 g/mol. The maximum atomic E-state index is 13.6. The molecule has 3 N–H and O–H groups in total. The maximum absolute atomic E-state index is 13.6. The van der Waals surface area contributed by atoms with Crippen LogP contribution in [0.25, 0.3) is 6.08 Å². The van der Waals surface area contributed by atoms with E-state index in [0.717, 1.165) is 32.2 Å². The largest absolute Gasteiger partial charge is 0.325 e. The van der Waals surface area contributed by atoms with Crippen molar-refractivity contribution in [3.05, 3.63) is 153 Å². The molecular formula is C36H31N3O3S2. The van der Waals surface area contributed by atoms with Crippen LogP contribution in [0.5, 0.6) is 0 Å². The third kappa shape index (κ3) is 8.12. The fraction of sp³-hybridized carbons (Fsp3) is 0.0833. The highest BCUT2D eigenvalue weighted by Gasteiger charge is 2.23. The Kier molecular flexibility index (Phi) is 10.1. The molecule has 3 amide bonds. The second kappa shape index (κ2) is 14.5. The van der Waals surface area contributed by atoms with Gasteiger partial charge in [0, 0.05) is 26.7 Å². The Morgan fingerprint density at radius 2 is 1.45 bits per heavy atom. The van der Waals surface area contributed by atoms with Gasteiger partial charge in [0.25, 0.3) is 11.8 Å². The van der Waals surface area contributed by atoms with E-state index in [4.69, 9.17) is 0 Å². The fourth-order valence-electron chi connectivity index (χ4n) is 4.37. The van der Waals surface area contributed by atoms with Gasteiger partial charge in [-0.3, -0.25) is 14.4 Å². The molecule has 1 atom stereocenters. The van der Waals surface area contributed by atoms with Crippen molar-refractivity contribution < 1.29 is 14.4 Å². The van der Waals surface area contributed by atoms with E-state index < -0.39 is 11.2 Å². The van der Waals surface area contributed by atoms with Crippen molar-refractivity contribution in [1.29, 1.82) is 0 Å². The summed E-state index contributed by atoms with van der Waals surface area (Å²) in [5.74, 6) is -0.992. The van der Waals surface area contributed by atoms with E-state index in [9.17, 15) is 14.4 Å². The van der Waals surface area contributed by atoms with Gasteiger partial charge in [0.15, 0.2) is 0 Å². The number of thioether (sulfide) groups is 1. The van der Waals surface area contributed by atoms with E-state index >= 15 is 0 Å². The number of aryl methyl sites for hydroxylation is 2. The van der Waals surface area contributed by atoms with Gasteiger partial charge in [-0.2, -0.15) is 0 Å². The Morgan fingerprint density at radius 1 is 0.727 bits per heavy atom. The predicted molar refractivity (Wildman–Crippen MR) is 181 cm³/mol. The first-order valence-corrected chi connectivity index (χ1v) is 15.7. The number of hydrogen-bond acceptors (Lipinski definition) is 5. The van der Waals surface area contributed by atoms with Gasteiger partial charge >= 0.3 is 0 Å². The van der Waals surface area contributed by atoms with Crippen LogP contribution in [0.1, 0.15) is 37.2 Å². The van der Waals surface area contributed by atoms with E-state index in [1.807, 2.05) is 104 Å². The Morgan fingerprint density at radius 3 is 2.16 bits per heavy atom. The first-order valence-electron chi connectivity index (χ1n) is 14.0. The molecule has 0 spiro atoms. The molecule has 0 bridgehead atoms. The van der Waals surface area contributed by atoms with Crippen molar-refractivity contribution in [3.8, 4) is 0 Å². The molecule has 0 saturated carbocycles. The van der Waals surface area contributed by atoms with Crippen LogP contribution < -0.4 is 16.0 Å². The summed E-state index contributed by atoms with van der Waals surface area (Å²) in [6, 6.07) is 35.3. The number of benzene rings is 4. The molecule has 5 aromatic rings. The zero-order chi connectivity index (χ0) is 30.9. The van der Waals surface area contributed by atoms with Gasteiger partial charge in [0.2, 0.25) is 5.91 Å². The van der Waals surface area contributed by atoms with E-state index in [-0.39, 0.29) is 17.5 Å². The number of rotatable bonds is 10. The zero-order valence-electron chi connectivity index (χ0n) is 24.2. The third-order valence-corrected chi connectivity index (χ3v) is 8.89. The van der Waals surface area contributed by atoms with E-state index in [1.165, 1.54) is 23.1 Å². The van der Waals surface area contributed by atoms with Crippen LogP contribution in [-0.4, -0.2) is 17.7 Å². The number of anilines is 2. The summed E-state index contributed by atoms with van der Waals surface area (Å²) in [7, 11) is 0. The maximum Gasteiger partial charge on any atom is 0.272 e. The summed E-state index contributed by atoms with van der Waals surface area (Å²) >= 11 is 2.85. The van der Waals surface area contributed by atoms with Crippen LogP contribution >= 0.6 is 23.1 Å². The molecule has 220 valence electrons. The summed E-state index contributed by atoms with van der Waals surface area (Å²) in [5, 5.41) is 10.1. The molecule has 6 nitrogen and oxygen atoms in total. The van der Waals surface area contributed by atoms with Gasteiger partial charge in [0.1, 0.15) is 10.9 Å². The Balaban J connectivity index is 1.35. The molecule has 1 aromatic heterocycles. The lowest BCUT2D eigenvalue weighted by Crippen LogP contribution is -2.30. The first-order chi connectivity index (χ1) is 21.4. The van der Waals surface area contributed by atoms with E-state index in [0.29, 0.717) is 11.3 Å². The van der Waals surface area contributed by atoms with Gasteiger partial charge in [-0.15, -0.1) is 23.1 Å². The monoisotopic (exact) mass is 617 g/mol. The van der Waals surface area contributed by atoms with Crippen molar-refractivity contribution in [2.24, 2.45) is 0 Å². The quantitative estimate of drug-likeness (QED) is 0.109. The highest BCUT2D eigenvalue weighted by atomic mass is 32.2. The SMILES string of the molecule is Cc1ccc(NC(=O)C(Sc2cccc(NC(=O)/C(=C/c3cccs3)NC(=O)c3ccccc3)c2)c2ccccc2)cc1C. The lowest BCUT2D eigenvalue weighted by molar-refractivity contribution is -0.116. The molecule has 0 aliphatic rings. The molecule has 44 heavy (non-hydrogen) atoms. The van der Waals surface area contributed by atoms with Crippen LogP contribution in [0, 0.1) is 13.8 Å². The molecule has 4 aromatic carbocycles. The topological polar surface area (TPSA) is 87.3 Å². The van der Waals surface area contributed by atoms with Gasteiger partial charge in [-0.05, 0) is 90.5 Å². The number of carbonyl (C=O) groups is 3. The number of hydrogen-bond donors (Lipinski definition) is 3. The van der Waals surface area contributed by atoms with Crippen LogP contribution in [0.2, 0.25) is 0 Å². The predicted octanol–water partition coefficient (Wildman–Crippen LogP) is 8.25. The average Bonchev–Trinajstić information content (AvgIpc) is 3.55. The van der Waals surface area contributed by atoms with Crippen molar-refractivity contribution in [3.63, 3.8) is 0 Å². The molecular weight excluding hydrogens is 587 g/mol. The second-order valence-corrected chi connectivity index (χ2v) is 12.2. The minimum atomic E-state index is -0.539. The summed E-state index contributed by atoms with van der Waals surface area (Å²) < 4.78 is 0. The van der Waals surface area contributed by atoms with Crippen LogP contribution in [-0.2, 0) is 9.59 Å². The van der Waals surface area contributed by atoms with Crippen LogP contribution in [0.15, 0.2) is 131 Å². The molecule has 0 fully saturated rings. The number of carbonyl (C=O) groups excluding carboxylic acids is 3. The van der Waals surface area contributed by atoms with E-state index in [2.05, 4.69) is 16.0 Å². The summed E-state index contributed by atoms with van der Waals surface area (Å²) in [5.41, 5.74) is 4.95. The minimum absolute atomic E-state index is 0.120. The molecule has 0 saturated heterocycles. The molecule has 0 aliphatic carbocycles. The molecule has 0 radical (unpaired) electrons. The summed E-state index contributed by atoms with van der Waals surface area (Å²) in [4.78, 5) is 41.6. The standard InChI is InChI=1S/C36H31N3O3S2/c1-24-18-19-29(21-25(24)2)38-36(42)33(26-11-5-3-6-12-26)44-31-16-9-15-28(22-31)37-35(41)32(23-30-17-10-20-43-30)39-34(40)27-13-7-4-8-14-27/h3-23,33H,1-2H3,(H,37,41)(H,38,42)(H,39,40)/b32-23-. The normalized spacial score (nSPS) is 11.8. The number of thiophene rings is 1. The Labute approximate surface area is 265 Å². The third-order valence-electron chi connectivity index (χ3n) is 6.82. The molecule has 5 rings (SSSR count). The second-order valence-electron chi connectivity index (χ2n) is 10.1. The lowest BCUT2D eigenvalue weighted by Gasteiger charge is -2.18. The first kappa shape index (κ1) is 30.5. The van der Waals surface area contributed by atoms with Gasteiger partial charge in [0.05, 0.1) is 0 Å². The highest BCUT2D eigenvalue weighted by molar-refractivity contribution is 8.00. The van der Waals surface area contributed by atoms with E-state index in [1.54, 1.807) is 36.4 Å². The Hall–Kier alpha value is -4.92. The molecule has 1 unspecified atom stereocenters. The van der Waals surface area contributed by atoms with Crippen molar-refractivity contribution in [2.75, 3.05) is 10.6 Å². The van der Waals surface area contributed by atoms with Gasteiger partial charge in [-0.1, -0.05) is 66.7 Å². The summed E-state index contributed by atoms with van der Waals surface area (Å²) in [6.45, 7) is 4.05. The van der Waals surface area contributed by atoms with Gasteiger partial charge in [-0.25, -0.2) is 0 Å². The molecule has 0 aliphatic heterocycles. The molecule has 8 heteroatoms. The fourth-order valence-corrected chi connectivity index (χ4v) is 6.11. The van der Waals surface area contributed by atoms with Crippen molar-refractivity contribution >= 4 is 58.3 Å². The zero-order valence-corrected chi connectivity index (χ0v) is 25.9. The summed E-state index contributed by atoms with van der Waals surface area (Å²) in [6.07, 6.45) is 1.65. The number of amides is 3. The lowest BCUT2D eigenvalue weighted by atomic mass is 10.1. The van der Waals surface area contributed by atoms with Gasteiger partial charge < -0.3 is 16.0 Å².